The number of aromatic nitrogens is 1. The number of halogens is 2. The molecule has 1 aromatic heterocycles. The lowest BCUT2D eigenvalue weighted by atomic mass is 10.1. The lowest BCUT2D eigenvalue weighted by Gasteiger charge is -2.18. The van der Waals surface area contributed by atoms with Gasteiger partial charge in [0.05, 0.1) is 5.56 Å². The Kier molecular flexibility index (Phi) is 3.40. The number of nitrogen functional groups attached to an aromatic ring is 1. The molecule has 0 saturated heterocycles. The van der Waals surface area contributed by atoms with Gasteiger partial charge in [0.2, 0.25) is 0 Å². The van der Waals surface area contributed by atoms with E-state index in [0.717, 1.165) is 32.3 Å². The molecule has 0 fully saturated rings. The molecule has 0 saturated carbocycles. The number of rotatable bonds is 1. The lowest BCUT2D eigenvalue weighted by molar-refractivity contribution is 0.878. The molecule has 0 radical (unpaired) electrons. The maximum atomic E-state index is 9.22. The SMILES string of the molecule is N#Cc1c(N)ncc2c1CN(c1cc(Br)cc(Br)c1)C2. The molecule has 2 heterocycles. The van der Waals surface area contributed by atoms with Crippen LogP contribution in [0.2, 0.25) is 0 Å². The van der Waals surface area contributed by atoms with Crippen LogP contribution in [0.15, 0.2) is 33.3 Å². The Morgan fingerprint density at radius 1 is 1.20 bits per heavy atom. The van der Waals surface area contributed by atoms with Crippen LogP contribution >= 0.6 is 31.9 Å². The topological polar surface area (TPSA) is 65.9 Å². The summed E-state index contributed by atoms with van der Waals surface area (Å²) in [6.45, 7) is 1.41. The molecule has 1 aliphatic heterocycles. The highest BCUT2D eigenvalue weighted by atomic mass is 79.9. The van der Waals surface area contributed by atoms with Crippen LogP contribution in [0.1, 0.15) is 16.7 Å². The van der Waals surface area contributed by atoms with Crippen molar-refractivity contribution in [1.82, 2.24) is 4.98 Å². The van der Waals surface area contributed by atoms with E-state index < -0.39 is 0 Å². The predicted octanol–water partition coefficient (Wildman–Crippen LogP) is 3.58. The number of fused-ring (bicyclic) bond motifs is 1. The molecular formula is C14H10Br2N4. The Bertz CT molecular complexity index is 716. The molecule has 2 N–H and O–H groups in total. The fourth-order valence-electron chi connectivity index (χ4n) is 2.40. The van der Waals surface area contributed by atoms with Crippen LogP contribution in [0.3, 0.4) is 0 Å². The number of benzene rings is 1. The number of pyridine rings is 1. The standard InChI is InChI=1S/C14H10Br2N4/c15-9-1-10(16)3-11(2-9)20-6-8-5-19-14(18)12(4-17)13(8)7-20/h1-3,5H,6-7H2,(H2,18,19). The fourth-order valence-corrected chi connectivity index (χ4v) is 3.67. The van der Waals surface area contributed by atoms with Crippen LogP contribution in [0.5, 0.6) is 0 Å². The second kappa shape index (κ2) is 5.08. The highest BCUT2D eigenvalue weighted by Crippen LogP contribution is 2.34. The van der Waals surface area contributed by atoms with Gasteiger partial charge in [0.1, 0.15) is 11.9 Å². The first-order chi connectivity index (χ1) is 9.58. The second-order valence-electron chi connectivity index (χ2n) is 4.62. The van der Waals surface area contributed by atoms with Gasteiger partial charge < -0.3 is 10.6 Å². The maximum Gasteiger partial charge on any atom is 0.141 e. The van der Waals surface area contributed by atoms with E-state index in [-0.39, 0.29) is 0 Å². The number of nitrogens with zero attached hydrogens (tertiary/aromatic N) is 3. The first-order valence-corrected chi connectivity index (χ1v) is 7.54. The van der Waals surface area contributed by atoms with Crippen LogP contribution in [-0.4, -0.2) is 4.98 Å². The van der Waals surface area contributed by atoms with Crippen LogP contribution in [0.4, 0.5) is 11.5 Å². The number of anilines is 2. The van der Waals surface area contributed by atoms with E-state index in [1.54, 1.807) is 6.20 Å². The summed E-state index contributed by atoms with van der Waals surface area (Å²) in [5.74, 6) is 0.309. The largest absolute Gasteiger partial charge is 0.383 e. The van der Waals surface area contributed by atoms with Gasteiger partial charge in [-0.1, -0.05) is 31.9 Å². The first-order valence-electron chi connectivity index (χ1n) is 5.96. The summed E-state index contributed by atoms with van der Waals surface area (Å²) in [6.07, 6.45) is 1.76. The minimum Gasteiger partial charge on any atom is -0.383 e. The molecule has 0 unspecified atom stereocenters. The molecule has 0 aliphatic carbocycles. The third kappa shape index (κ3) is 2.28. The molecule has 1 aromatic carbocycles. The number of hydrogen-bond acceptors (Lipinski definition) is 4. The molecule has 2 aromatic rings. The molecule has 100 valence electrons. The van der Waals surface area contributed by atoms with Gasteiger partial charge in [-0.2, -0.15) is 5.26 Å². The van der Waals surface area contributed by atoms with Crippen molar-refractivity contribution in [2.24, 2.45) is 0 Å². The minimum absolute atomic E-state index is 0.309. The van der Waals surface area contributed by atoms with Gasteiger partial charge in [0, 0.05) is 33.9 Å². The number of nitrogens with two attached hydrogens (primary N) is 1. The fraction of sp³-hybridized carbons (Fsp3) is 0.143. The van der Waals surface area contributed by atoms with Gasteiger partial charge in [0.25, 0.3) is 0 Å². The van der Waals surface area contributed by atoms with E-state index >= 15 is 0 Å². The summed E-state index contributed by atoms with van der Waals surface area (Å²) < 4.78 is 2.02. The number of nitriles is 1. The zero-order chi connectivity index (χ0) is 14.3. The van der Waals surface area contributed by atoms with Gasteiger partial charge >= 0.3 is 0 Å². The molecule has 20 heavy (non-hydrogen) atoms. The first kappa shape index (κ1) is 13.4. The normalized spacial score (nSPS) is 13.2. The number of hydrogen-bond donors (Lipinski definition) is 1. The maximum absolute atomic E-state index is 9.22. The quantitative estimate of drug-likeness (QED) is 0.803. The molecular weight excluding hydrogens is 384 g/mol. The van der Waals surface area contributed by atoms with Crippen molar-refractivity contribution in [3.8, 4) is 6.07 Å². The molecule has 1 aliphatic rings. The van der Waals surface area contributed by atoms with E-state index in [9.17, 15) is 5.26 Å². The molecule has 0 bridgehead atoms. The van der Waals surface area contributed by atoms with Crippen molar-refractivity contribution in [3.05, 3.63) is 50.0 Å². The Morgan fingerprint density at radius 3 is 2.55 bits per heavy atom. The van der Waals surface area contributed by atoms with E-state index in [2.05, 4.69) is 59.9 Å². The smallest absolute Gasteiger partial charge is 0.141 e. The molecule has 4 nitrogen and oxygen atoms in total. The molecule has 3 rings (SSSR count). The van der Waals surface area contributed by atoms with Crippen molar-refractivity contribution < 1.29 is 0 Å². The summed E-state index contributed by atoms with van der Waals surface area (Å²) in [7, 11) is 0. The summed E-state index contributed by atoms with van der Waals surface area (Å²) >= 11 is 6.99. The van der Waals surface area contributed by atoms with E-state index in [1.807, 2.05) is 6.07 Å². The van der Waals surface area contributed by atoms with Gasteiger partial charge in [-0.25, -0.2) is 4.98 Å². The Morgan fingerprint density at radius 2 is 1.90 bits per heavy atom. The predicted molar refractivity (Wildman–Crippen MR) is 85.1 cm³/mol. The average Bonchev–Trinajstić information content (AvgIpc) is 2.81. The van der Waals surface area contributed by atoms with Crippen molar-refractivity contribution in [2.45, 2.75) is 13.1 Å². The van der Waals surface area contributed by atoms with Gasteiger partial charge in [-0.15, -0.1) is 0 Å². The third-order valence-corrected chi connectivity index (χ3v) is 4.26. The van der Waals surface area contributed by atoms with Gasteiger partial charge in [0.15, 0.2) is 0 Å². The van der Waals surface area contributed by atoms with E-state index in [1.165, 1.54) is 0 Å². The van der Waals surface area contributed by atoms with Crippen molar-refractivity contribution in [3.63, 3.8) is 0 Å². The average molecular weight is 394 g/mol. The summed E-state index contributed by atoms with van der Waals surface area (Å²) in [6, 6.07) is 8.26. The monoisotopic (exact) mass is 392 g/mol. The molecule has 0 atom stereocenters. The van der Waals surface area contributed by atoms with Gasteiger partial charge in [-0.05, 0) is 29.3 Å². The third-order valence-electron chi connectivity index (χ3n) is 3.34. The summed E-state index contributed by atoms with van der Waals surface area (Å²) in [5, 5.41) is 9.22. The summed E-state index contributed by atoms with van der Waals surface area (Å²) in [5.41, 5.74) is 9.40. The van der Waals surface area contributed by atoms with Crippen LogP contribution in [0.25, 0.3) is 0 Å². The van der Waals surface area contributed by atoms with Crippen LogP contribution < -0.4 is 10.6 Å². The highest BCUT2D eigenvalue weighted by molar-refractivity contribution is 9.11. The summed E-state index contributed by atoms with van der Waals surface area (Å²) in [4.78, 5) is 6.29. The molecule has 6 heteroatoms. The highest BCUT2D eigenvalue weighted by Gasteiger charge is 2.24. The van der Waals surface area contributed by atoms with Crippen LogP contribution in [0, 0.1) is 11.3 Å². The van der Waals surface area contributed by atoms with Gasteiger partial charge in [-0.3, -0.25) is 0 Å². The molecule has 0 amide bonds. The van der Waals surface area contributed by atoms with Crippen LogP contribution in [-0.2, 0) is 13.1 Å². The molecule has 0 spiro atoms. The van der Waals surface area contributed by atoms with Crippen molar-refractivity contribution in [2.75, 3.05) is 10.6 Å². The zero-order valence-electron chi connectivity index (χ0n) is 10.4. The minimum atomic E-state index is 0.309. The lowest BCUT2D eigenvalue weighted by Crippen LogP contribution is -2.14. The van der Waals surface area contributed by atoms with Crippen molar-refractivity contribution in [1.29, 1.82) is 5.26 Å². The Hall–Kier alpha value is -1.58. The Balaban J connectivity index is 2.00. The van der Waals surface area contributed by atoms with E-state index in [4.69, 9.17) is 5.73 Å². The zero-order valence-corrected chi connectivity index (χ0v) is 13.6. The Labute approximate surface area is 133 Å². The van der Waals surface area contributed by atoms with Crippen molar-refractivity contribution >= 4 is 43.4 Å². The second-order valence-corrected chi connectivity index (χ2v) is 6.45. The van der Waals surface area contributed by atoms with E-state index in [0.29, 0.717) is 17.9 Å².